The predicted molar refractivity (Wildman–Crippen MR) is 89.0 cm³/mol. The van der Waals surface area contributed by atoms with Gasteiger partial charge in [0.25, 0.3) is 5.92 Å². The third-order valence-corrected chi connectivity index (χ3v) is 6.17. The molecule has 3 aliphatic heterocycles. The molecule has 4 aliphatic rings. The normalized spacial score (nSPS) is 39.7. The maximum Gasteiger partial charge on any atom is 0.267 e. The standard InChI is InChI=1S/C18H28F2N2O4/c19-18(20)5-6-22(10-18)15(23)8-12-7-13-17(25-12)16(24)14(26-13)9-21-11-3-1-2-4-11/h11-14,16-17,21,24H,1-10H2/t12-,13+,14+,16+,17-/m0/s1. The van der Waals surface area contributed by atoms with Crippen LogP contribution in [-0.4, -0.2) is 78.0 Å². The van der Waals surface area contributed by atoms with E-state index >= 15 is 0 Å². The Bertz CT molecular complexity index is 529. The number of hydrogen-bond acceptors (Lipinski definition) is 5. The van der Waals surface area contributed by atoms with Gasteiger partial charge in [0.05, 0.1) is 31.3 Å². The molecule has 1 saturated carbocycles. The molecule has 0 unspecified atom stereocenters. The highest BCUT2D eigenvalue weighted by Crippen LogP contribution is 2.36. The number of nitrogens with one attached hydrogen (secondary N) is 1. The third kappa shape index (κ3) is 3.88. The summed E-state index contributed by atoms with van der Waals surface area (Å²) < 4.78 is 38.3. The van der Waals surface area contributed by atoms with Gasteiger partial charge < -0.3 is 24.8 Å². The summed E-state index contributed by atoms with van der Waals surface area (Å²) >= 11 is 0. The van der Waals surface area contributed by atoms with E-state index in [1.807, 2.05) is 0 Å². The number of aliphatic hydroxyl groups is 1. The molecule has 1 amide bonds. The second kappa shape index (κ2) is 7.30. The molecule has 3 saturated heterocycles. The minimum atomic E-state index is -2.78. The lowest BCUT2D eigenvalue weighted by atomic mass is 10.1. The Morgan fingerprint density at radius 3 is 2.69 bits per heavy atom. The number of rotatable bonds is 5. The number of alkyl halides is 2. The van der Waals surface area contributed by atoms with E-state index in [9.17, 15) is 18.7 Å². The molecular weight excluding hydrogens is 346 g/mol. The zero-order valence-electron chi connectivity index (χ0n) is 14.9. The van der Waals surface area contributed by atoms with Gasteiger partial charge in [-0.3, -0.25) is 4.79 Å². The fourth-order valence-corrected chi connectivity index (χ4v) is 4.69. The molecule has 0 aromatic heterocycles. The van der Waals surface area contributed by atoms with Gasteiger partial charge in [0, 0.05) is 32.0 Å². The average Bonchev–Trinajstić information content (AvgIpc) is 3.33. The monoisotopic (exact) mass is 374 g/mol. The molecule has 0 radical (unpaired) electrons. The van der Waals surface area contributed by atoms with Crippen LogP contribution in [0, 0.1) is 0 Å². The molecule has 3 heterocycles. The minimum Gasteiger partial charge on any atom is -0.388 e. The summed E-state index contributed by atoms with van der Waals surface area (Å²) in [7, 11) is 0. The summed E-state index contributed by atoms with van der Waals surface area (Å²) in [4.78, 5) is 13.4. The first kappa shape index (κ1) is 18.5. The highest BCUT2D eigenvalue weighted by molar-refractivity contribution is 5.77. The molecular formula is C18H28F2N2O4. The quantitative estimate of drug-likeness (QED) is 0.753. The van der Waals surface area contributed by atoms with Crippen LogP contribution in [0.4, 0.5) is 8.78 Å². The highest BCUT2D eigenvalue weighted by atomic mass is 19.3. The smallest absolute Gasteiger partial charge is 0.267 e. The summed E-state index contributed by atoms with van der Waals surface area (Å²) in [6, 6.07) is 0.510. The van der Waals surface area contributed by atoms with Crippen molar-refractivity contribution < 1.29 is 28.2 Å². The van der Waals surface area contributed by atoms with Crippen molar-refractivity contribution in [3.63, 3.8) is 0 Å². The van der Waals surface area contributed by atoms with Crippen molar-refractivity contribution in [3.8, 4) is 0 Å². The molecule has 6 nitrogen and oxygen atoms in total. The molecule has 148 valence electrons. The van der Waals surface area contributed by atoms with E-state index in [0.29, 0.717) is 19.0 Å². The molecule has 0 bridgehead atoms. The first-order chi connectivity index (χ1) is 12.4. The molecule has 4 fully saturated rings. The number of likely N-dealkylation sites (tertiary alicyclic amines) is 1. The van der Waals surface area contributed by atoms with E-state index in [2.05, 4.69) is 5.32 Å². The summed E-state index contributed by atoms with van der Waals surface area (Å²) in [5.41, 5.74) is 0. The molecule has 2 N–H and O–H groups in total. The highest BCUT2D eigenvalue weighted by Gasteiger charge is 2.51. The largest absolute Gasteiger partial charge is 0.388 e. The van der Waals surface area contributed by atoms with Crippen LogP contribution in [-0.2, 0) is 14.3 Å². The number of hydrogen-bond donors (Lipinski definition) is 2. The van der Waals surface area contributed by atoms with E-state index < -0.39 is 24.7 Å². The molecule has 26 heavy (non-hydrogen) atoms. The van der Waals surface area contributed by atoms with Gasteiger partial charge in [-0.05, 0) is 12.8 Å². The second-order valence-corrected chi connectivity index (χ2v) is 8.18. The Labute approximate surface area is 152 Å². The van der Waals surface area contributed by atoms with Crippen molar-refractivity contribution in [1.29, 1.82) is 0 Å². The van der Waals surface area contributed by atoms with Gasteiger partial charge in [-0.25, -0.2) is 8.78 Å². The van der Waals surface area contributed by atoms with Gasteiger partial charge in [-0.15, -0.1) is 0 Å². The lowest BCUT2D eigenvalue weighted by Gasteiger charge is -2.23. The van der Waals surface area contributed by atoms with Gasteiger partial charge >= 0.3 is 0 Å². The van der Waals surface area contributed by atoms with Crippen molar-refractivity contribution in [3.05, 3.63) is 0 Å². The number of fused-ring (bicyclic) bond motifs is 1. The van der Waals surface area contributed by atoms with Crippen LogP contribution >= 0.6 is 0 Å². The van der Waals surface area contributed by atoms with Crippen LogP contribution in [0.2, 0.25) is 0 Å². The van der Waals surface area contributed by atoms with Crippen molar-refractivity contribution in [2.75, 3.05) is 19.6 Å². The minimum absolute atomic E-state index is 0.0736. The first-order valence-corrected chi connectivity index (χ1v) is 9.79. The number of aliphatic hydroxyl groups excluding tert-OH is 1. The molecule has 8 heteroatoms. The van der Waals surface area contributed by atoms with Crippen molar-refractivity contribution >= 4 is 5.91 Å². The summed E-state index contributed by atoms with van der Waals surface area (Å²) in [6.45, 7) is 0.202. The van der Waals surface area contributed by atoms with Crippen molar-refractivity contribution in [2.24, 2.45) is 0 Å². The third-order valence-electron chi connectivity index (χ3n) is 6.17. The topological polar surface area (TPSA) is 71.0 Å². The molecule has 5 atom stereocenters. The van der Waals surface area contributed by atoms with E-state index in [1.165, 1.54) is 30.6 Å². The Morgan fingerprint density at radius 1 is 1.27 bits per heavy atom. The molecule has 1 aliphatic carbocycles. The van der Waals surface area contributed by atoms with Crippen LogP contribution in [0.25, 0.3) is 0 Å². The number of carbonyl (C=O) groups excluding carboxylic acids is 1. The van der Waals surface area contributed by atoms with Crippen molar-refractivity contribution in [2.45, 2.75) is 87.4 Å². The van der Waals surface area contributed by atoms with Crippen LogP contribution in [0.15, 0.2) is 0 Å². The molecule has 0 spiro atoms. The lowest BCUT2D eigenvalue weighted by Crippen LogP contribution is -2.41. The van der Waals surface area contributed by atoms with Gasteiger partial charge in [0.1, 0.15) is 12.2 Å². The number of halogens is 2. The summed E-state index contributed by atoms with van der Waals surface area (Å²) in [5, 5.41) is 13.9. The number of ether oxygens (including phenoxy) is 2. The van der Waals surface area contributed by atoms with Gasteiger partial charge in [0.2, 0.25) is 5.91 Å². The molecule has 4 rings (SSSR count). The SMILES string of the molecule is O=C(C[C@@H]1C[C@H]2O[C@H](CNC3CCCC3)[C@@H](O)[C@H]2O1)N1CCC(F)(F)C1. The number of nitrogens with zero attached hydrogens (tertiary/aromatic N) is 1. The first-order valence-electron chi connectivity index (χ1n) is 9.79. The zero-order chi connectivity index (χ0) is 18.3. The number of amides is 1. The molecule has 0 aromatic rings. The van der Waals surface area contributed by atoms with E-state index in [4.69, 9.17) is 9.47 Å². The van der Waals surface area contributed by atoms with Crippen LogP contribution < -0.4 is 5.32 Å². The average molecular weight is 374 g/mol. The second-order valence-electron chi connectivity index (χ2n) is 8.18. The Morgan fingerprint density at radius 2 is 2.04 bits per heavy atom. The lowest BCUT2D eigenvalue weighted by molar-refractivity contribution is -0.135. The van der Waals surface area contributed by atoms with Crippen LogP contribution in [0.5, 0.6) is 0 Å². The van der Waals surface area contributed by atoms with Gasteiger partial charge in [-0.1, -0.05) is 12.8 Å². The summed E-state index contributed by atoms with van der Waals surface area (Å²) in [5.74, 6) is -3.08. The van der Waals surface area contributed by atoms with Crippen molar-refractivity contribution in [1.82, 2.24) is 10.2 Å². The Hall–Kier alpha value is -0.830. The van der Waals surface area contributed by atoms with E-state index in [0.717, 1.165) is 0 Å². The van der Waals surface area contributed by atoms with Gasteiger partial charge in [-0.2, -0.15) is 0 Å². The zero-order valence-corrected chi connectivity index (χ0v) is 14.9. The van der Waals surface area contributed by atoms with Crippen LogP contribution in [0.1, 0.15) is 44.9 Å². The fourth-order valence-electron chi connectivity index (χ4n) is 4.69. The Balaban J connectivity index is 1.23. The maximum atomic E-state index is 13.3. The Kier molecular flexibility index (Phi) is 5.20. The fraction of sp³-hybridized carbons (Fsp3) is 0.944. The van der Waals surface area contributed by atoms with E-state index in [-0.39, 0.29) is 43.6 Å². The summed E-state index contributed by atoms with van der Waals surface area (Å²) in [6.07, 6.45) is 3.14. The van der Waals surface area contributed by atoms with Gasteiger partial charge in [0.15, 0.2) is 0 Å². The maximum absolute atomic E-state index is 13.3. The van der Waals surface area contributed by atoms with E-state index in [1.54, 1.807) is 0 Å². The number of carbonyl (C=O) groups is 1. The molecule has 0 aromatic carbocycles. The van der Waals surface area contributed by atoms with Crippen LogP contribution in [0.3, 0.4) is 0 Å². The predicted octanol–water partition coefficient (Wildman–Crippen LogP) is 1.06.